The molecule has 0 aromatic heterocycles. The maximum atomic E-state index is 9.87. The molecule has 39 heavy (non-hydrogen) atoms. The molecule has 0 N–H and O–H groups in total. The molecule has 0 aliphatic rings. The van der Waals surface area contributed by atoms with E-state index in [1.807, 2.05) is 0 Å². The third kappa shape index (κ3) is 28.3. The van der Waals surface area contributed by atoms with Crippen LogP contribution in [0.15, 0.2) is 54.6 Å². The topological polar surface area (TPSA) is 9.23 Å². The van der Waals surface area contributed by atoms with Gasteiger partial charge >= 0.3 is 54.2 Å². The minimum absolute atomic E-state index is 0.0762. The average Bonchev–Trinajstić information content (AvgIpc) is 2.86. The molecule has 2 aromatic carbocycles. The summed E-state index contributed by atoms with van der Waals surface area (Å²) in [4.78, 5) is 0. The van der Waals surface area contributed by atoms with Crippen molar-refractivity contribution in [1.82, 2.24) is 0 Å². The van der Waals surface area contributed by atoms with Crippen LogP contribution in [-0.4, -0.2) is 6.61 Å². The summed E-state index contributed by atoms with van der Waals surface area (Å²) in [6, 6.07) is 19.6. The molecule has 0 bridgehead atoms. The molecule has 0 unspecified atom stereocenters. The van der Waals surface area contributed by atoms with Crippen LogP contribution in [-0.2, 0) is 0 Å². The van der Waals surface area contributed by atoms with Gasteiger partial charge in [-0.1, -0.05) is 121 Å². The van der Waals surface area contributed by atoms with Crippen molar-refractivity contribution in [2.24, 2.45) is 0 Å². The fourth-order valence-electron chi connectivity index (χ4n) is 4.04. The van der Waals surface area contributed by atoms with Gasteiger partial charge < -0.3 is 4.74 Å². The molecular formula is C30H46F6IOP. The summed E-state index contributed by atoms with van der Waals surface area (Å²) in [7, 11) is -10.7. The molecule has 2 aromatic rings. The Balaban J connectivity index is 0.000000956. The summed E-state index contributed by atoms with van der Waals surface area (Å²) in [5.41, 5.74) is 0. The van der Waals surface area contributed by atoms with Crippen molar-refractivity contribution < 1.29 is 51.1 Å². The Morgan fingerprint density at radius 2 is 0.872 bits per heavy atom. The summed E-state index contributed by atoms with van der Waals surface area (Å²) in [6.45, 7) is 3.15. The van der Waals surface area contributed by atoms with Crippen LogP contribution >= 0.6 is 7.81 Å². The number of ether oxygens (including phenoxy) is 1. The fraction of sp³-hybridized carbons (Fsp3) is 0.600. The molecule has 0 amide bonds. The Morgan fingerprint density at radius 3 is 1.28 bits per heavy atom. The molecule has 0 spiro atoms. The van der Waals surface area contributed by atoms with E-state index < -0.39 is 7.81 Å². The van der Waals surface area contributed by atoms with Gasteiger partial charge in [0.2, 0.25) is 0 Å². The molecule has 9 heteroatoms. The minimum atomic E-state index is -10.7. The first kappa shape index (κ1) is 36.0. The van der Waals surface area contributed by atoms with Crippen molar-refractivity contribution >= 4 is 7.81 Å². The zero-order chi connectivity index (χ0) is 28.9. The van der Waals surface area contributed by atoms with Gasteiger partial charge in [0.1, 0.15) is 5.75 Å². The van der Waals surface area contributed by atoms with Crippen LogP contribution in [0, 0.1) is 7.14 Å². The number of unbranched alkanes of at least 4 members (excludes halogenated alkanes) is 15. The number of hydrogen-bond acceptors (Lipinski definition) is 1. The fourth-order valence-corrected chi connectivity index (χ4v) is 6.25. The van der Waals surface area contributed by atoms with Crippen molar-refractivity contribution in [2.45, 2.75) is 110 Å². The first-order chi connectivity index (χ1) is 18.3. The van der Waals surface area contributed by atoms with Crippen LogP contribution in [0.3, 0.4) is 0 Å². The SMILES string of the molecule is CCCCCCCCCCCCCCCCCCOc1ccc([I+]c2ccccc2)cc1.F[P-](F)(F)(F)(F)F. The van der Waals surface area contributed by atoms with Gasteiger partial charge in [0.25, 0.3) is 0 Å². The normalized spacial score (nSPS) is 13.2. The standard InChI is InChI=1S/C30H46IO.F6P/c1-2-3-4-5-6-7-8-9-10-11-12-13-14-15-16-20-27-32-30-25-23-29(24-26-30)31-28-21-18-17-19-22-28;1-7(2,3,4,5)6/h17-19,21-26H,2-16,20,27H2,1H3;/q+1;-1. The van der Waals surface area contributed by atoms with Crippen molar-refractivity contribution in [3.8, 4) is 5.75 Å². The molecule has 1 nitrogen and oxygen atoms in total. The molecule has 0 saturated heterocycles. The average molecular weight is 695 g/mol. The Bertz CT molecular complexity index is 849. The molecule has 0 heterocycles. The van der Waals surface area contributed by atoms with E-state index in [1.54, 1.807) is 0 Å². The Hall–Kier alpha value is -1.02. The van der Waals surface area contributed by atoms with Gasteiger partial charge in [0.05, 0.1) is 6.61 Å². The van der Waals surface area contributed by atoms with Gasteiger partial charge in [-0.15, -0.1) is 0 Å². The van der Waals surface area contributed by atoms with Crippen molar-refractivity contribution in [3.63, 3.8) is 0 Å². The third-order valence-electron chi connectivity index (χ3n) is 6.03. The monoisotopic (exact) mass is 694 g/mol. The van der Waals surface area contributed by atoms with Crippen molar-refractivity contribution in [2.75, 3.05) is 6.61 Å². The van der Waals surface area contributed by atoms with Crippen LogP contribution in [0.4, 0.5) is 25.2 Å². The zero-order valence-electron chi connectivity index (χ0n) is 23.2. The molecule has 0 aliphatic heterocycles. The molecule has 2 rings (SSSR count). The van der Waals surface area contributed by atoms with Gasteiger partial charge in [-0.25, -0.2) is 0 Å². The Kier molecular flexibility index (Phi) is 17.0. The summed E-state index contributed by atoms with van der Waals surface area (Å²) >= 11 is -0.0762. The first-order valence-electron chi connectivity index (χ1n) is 14.3. The summed E-state index contributed by atoms with van der Waals surface area (Å²) in [5, 5.41) is 0. The summed E-state index contributed by atoms with van der Waals surface area (Å²) < 4.78 is 68.1. The second-order valence-corrected chi connectivity index (χ2v) is 14.9. The van der Waals surface area contributed by atoms with Gasteiger partial charge in [-0.3, -0.25) is 0 Å². The first-order valence-corrected chi connectivity index (χ1v) is 18.5. The molecule has 0 saturated carbocycles. The molecule has 0 aliphatic carbocycles. The summed E-state index contributed by atoms with van der Waals surface area (Å²) in [6.07, 6.45) is 22.5. The van der Waals surface area contributed by atoms with Gasteiger partial charge in [-0.05, 0) is 42.8 Å². The van der Waals surface area contributed by atoms with Crippen LogP contribution < -0.4 is 25.9 Å². The molecular weight excluding hydrogens is 648 g/mol. The second-order valence-electron chi connectivity index (χ2n) is 9.95. The van der Waals surface area contributed by atoms with Crippen LogP contribution in [0.25, 0.3) is 0 Å². The van der Waals surface area contributed by atoms with Gasteiger partial charge in [-0.2, -0.15) is 0 Å². The van der Waals surface area contributed by atoms with Crippen molar-refractivity contribution in [3.05, 3.63) is 61.7 Å². The molecule has 226 valence electrons. The Morgan fingerprint density at radius 1 is 0.513 bits per heavy atom. The molecule has 0 fully saturated rings. The van der Waals surface area contributed by atoms with E-state index in [2.05, 4.69) is 61.5 Å². The second kappa shape index (κ2) is 18.4. The quantitative estimate of drug-likeness (QED) is 0.0581. The van der Waals surface area contributed by atoms with Crippen LogP contribution in [0.5, 0.6) is 5.75 Å². The maximum absolute atomic E-state index is 10.7. The predicted octanol–water partition coefficient (Wildman–Crippen LogP) is 9.84. The van der Waals surface area contributed by atoms with E-state index in [0.717, 1.165) is 12.4 Å². The third-order valence-corrected chi connectivity index (χ3v) is 8.72. The van der Waals surface area contributed by atoms with E-state index in [0.29, 0.717) is 0 Å². The van der Waals surface area contributed by atoms with E-state index >= 15 is 0 Å². The number of rotatable bonds is 20. The van der Waals surface area contributed by atoms with E-state index in [-0.39, 0.29) is 21.2 Å². The molecule has 0 radical (unpaired) electrons. The number of benzene rings is 2. The van der Waals surface area contributed by atoms with Gasteiger partial charge in [0, 0.05) is 0 Å². The van der Waals surface area contributed by atoms with Crippen LogP contribution in [0.1, 0.15) is 110 Å². The van der Waals surface area contributed by atoms with Gasteiger partial charge in [0.15, 0.2) is 7.14 Å². The van der Waals surface area contributed by atoms with E-state index in [4.69, 9.17) is 4.74 Å². The van der Waals surface area contributed by atoms with Crippen molar-refractivity contribution in [1.29, 1.82) is 0 Å². The predicted molar refractivity (Wildman–Crippen MR) is 149 cm³/mol. The van der Waals surface area contributed by atoms with Crippen LogP contribution in [0.2, 0.25) is 0 Å². The Labute approximate surface area is 242 Å². The summed E-state index contributed by atoms with van der Waals surface area (Å²) in [5.74, 6) is 1.02. The number of halogens is 7. The molecule has 0 atom stereocenters. The van der Waals surface area contributed by atoms with E-state index in [1.165, 1.54) is 110 Å². The van der Waals surface area contributed by atoms with E-state index in [9.17, 15) is 25.2 Å². The number of hydrogen-bond donors (Lipinski definition) is 0. The zero-order valence-corrected chi connectivity index (χ0v) is 26.3.